The molecule has 0 saturated carbocycles. The van der Waals surface area contributed by atoms with Gasteiger partial charge >= 0.3 is 11.9 Å². The second-order valence-corrected chi connectivity index (χ2v) is 7.15. The molecule has 0 aliphatic rings. The molecule has 0 heterocycles. The minimum atomic E-state index is -1.52. The van der Waals surface area contributed by atoms with E-state index >= 15 is 0 Å². The Kier molecular flexibility index (Phi) is 11.2. The summed E-state index contributed by atoms with van der Waals surface area (Å²) >= 11 is 3.88. The van der Waals surface area contributed by atoms with Gasteiger partial charge in [-0.3, -0.25) is 19.2 Å². The van der Waals surface area contributed by atoms with E-state index in [1.165, 1.54) is 0 Å². The molecule has 13 heteroatoms. The van der Waals surface area contributed by atoms with E-state index in [2.05, 4.69) is 28.6 Å². The predicted octanol–water partition coefficient (Wildman–Crippen LogP) is -2.51. The maximum atomic E-state index is 12.7. The van der Waals surface area contributed by atoms with Crippen LogP contribution in [0.5, 0.6) is 0 Å². The first-order chi connectivity index (χ1) is 15.1. The highest BCUT2D eigenvalue weighted by molar-refractivity contribution is 7.80. The summed E-state index contributed by atoms with van der Waals surface area (Å²) in [5.41, 5.74) is 6.09. The largest absolute Gasteiger partial charge is 0.481 e. The molecular weight excluding hydrogens is 444 g/mol. The van der Waals surface area contributed by atoms with Gasteiger partial charge in [-0.05, 0) is 5.56 Å². The van der Waals surface area contributed by atoms with E-state index in [1.54, 1.807) is 30.3 Å². The van der Waals surface area contributed by atoms with Crippen molar-refractivity contribution in [1.29, 1.82) is 0 Å². The summed E-state index contributed by atoms with van der Waals surface area (Å²) in [6.45, 7) is -0.856. The average Bonchev–Trinajstić information content (AvgIpc) is 2.74. The van der Waals surface area contributed by atoms with Crippen LogP contribution in [0.4, 0.5) is 0 Å². The number of aliphatic carboxylic acids is 2. The number of benzene rings is 1. The number of thiol groups is 1. The van der Waals surface area contributed by atoms with Crippen LogP contribution in [-0.4, -0.2) is 81.5 Å². The van der Waals surface area contributed by atoms with Crippen LogP contribution in [0, 0.1) is 0 Å². The van der Waals surface area contributed by atoms with Gasteiger partial charge in [0.2, 0.25) is 17.7 Å². The number of carboxylic acids is 2. The van der Waals surface area contributed by atoms with Crippen LogP contribution in [0.1, 0.15) is 12.0 Å². The van der Waals surface area contributed by atoms with E-state index in [1.807, 2.05) is 0 Å². The van der Waals surface area contributed by atoms with Crippen LogP contribution in [0.2, 0.25) is 0 Å². The Labute approximate surface area is 189 Å². The zero-order valence-electron chi connectivity index (χ0n) is 16.9. The van der Waals surface area contributed by atoms with Crippen molar-refractivity contribution in [3.63, 3.8) is 0 Å². The molecule has 4 unspecified atom stereocenters. The van der Waals surface area contributed by atoms with Gasteiger partial charge in [0.1, 0.15) is 18.1 Å². The van der Waals surface area contributed by atoms with Crippen LogP contribution in [-0.2, 0) is 30.4 Å². The van der Waals surface area contributed by atoms with Crippen LogP contribution >= 0.6 is 12.6 Å². The number of carbonyl (C=O) groups is 5. The zero-order valence-corrected chi connectivity index (χ0v) is 17.8. The summed E-state index contributed by atoms with van der Waals surface area (Å²) in [6, 6.07) is 3.02. The third-order valence-corrected chi connectivity index (χ3v) is 4.62. The molecular formula is C19H26N4O8S. The number of amides is 3. The Morgan fingerprint density at radius 1 is 0.875 bits per heavy atom. The number of nitrogens with two attached hydrogens (primary N) is 1. The highest BCUT2D eigenvalue weighted by atomic mass is 32.1. The van der Waals surface area contributed by atoms with Crippen molar-refractivity contribution >= 4 is 42.3 Å². The molecule has 3 amide bonds. The third-order valence-electron chi connectivity index (χ3n) is 4.26. The van der Waals surface area contributed by atoms with Crippen LogP contribution < -0.4 is 21.7 Å². The topological polar surface area (TPSA) is 208 Å². The molecule has 8 N–H and O–H groups in total. The lowest BCUT2D eigenvalue weighted by molar-refractivity contribution is -0.141. The van der Waals surface area contributed by atoms with E-state index in [0.29, 0.717) is 5.56 Å². The van der Waals surface area contributed by atoms with Gasteiger partial charge < -0.3 is 37.0 Å². The van der Waals surface area contributed by atoms with Gasteiger partial charge in [-0.2, -0.15) is 12.6 Å². The fourth-order valence-electron chi connectivity index (χ4n) is 2.54. The quantitative estimate of drug-likeness (QED) is 0.143. The maximum Gasteiger partial charge on any atom is 0.327 e. The Balaban J connectivity index is 2.96. The Morgan fingerprint density at radius 2 is 1.41 bits per heavy atom. The van der Waals surface area contributed by atoms with Gasteiger partial charge in [0.25, 0.3) is 0 Å². The zero-order chi connectivity index (χ0) is 24.3. The number of hydrogen-bond donors (Lipinski definition) is 8. The van der Waals surface area contributed by atoms with Gasteiger partial charge in [-0.15, -0.1) is 0 Å². The number of aliphatic hydroxyl groups excluding tert-OH is 1. The van der Waals surface area contributed by atoms with Crippen molar-refractivity contribution in [3.05, 3.63) is 35.9 Å². The normalized spacial score (nSPS) is 14.3. The summed E-state index contributed by atoms with van der Waals surface area (Å²) in [6.07, 6.45) is -0.701. The van der Waals surface area contributed by atoms with Crippen LogP contribution in [0.3, 0.4) is 0 Å². The average molecular weight is 471 g/mol. The molecule has 0 saturated heterocycles. The summed E-state index contributed by atoms with van der Waals surface area (Å²) in [4.78, 5) is 59.1. The molecule has 0 radical (unpaired) electrons. The monoisotopic (exact) mass is 470 g/mol. The van der Waals surface area contributed by atoms with E-state index in [0.717, 1.165) is 0 Å². The molecule has 0 aromatic heterocycles. The summed E-state index contributed by atoms with van der Waals surface area (Å²) < 4.78 is 0. The van der Waals surface area contributed by atoms with Gasteiger partial charge in [-0.25, -0.2) is 4.79 Å². The van der Waals surface area contributed by atoms with Crippen molar-refractivity contribution in [2.24, 2.45) is 5.73 Å². The third kappa shape index (κ3) is 8.91. The minimum absolute atomic E-state index is 0.0120. The molecule has 0 aliphatic carbocycles. The number of rotatable bonds is 13. The van der Waals surface area contributed by atoms with Crippen LogP contribution in [0.25, 0.3) is 0 Å². The molecule has 0 bridgehead atoms. The van der Waals surface area contributed by atoms with Crippen molar-refractivity contribution in [1.82, 2.24) is 16.0 Å². The first-order valence-corrected chi connectivity index (χ1v) is 10.1. The Morgan fingerprint density at radius 3 is 1.91 bits per heavy atom. The first-order valence-electron chi connectivity index (χ1n) is 9.46. The number of carboxylic acid groups (broad SMARTS) is 2. The number of nitrogens with one attached hydrogen (secondary N) is 3. The summed E-state index contributed by atoms with van der Waals surface area (Å²) in [7, 11) is 0. The second kappa shape index (κ2) is 13.3. The van der Waals surface area contributed by atoms with Gasteiger partial charge in [-0.1, -0.05) is 30.3 Å². The van der Waals surface area contributed by atoms with Gasteiger partial charge in [0, 0.05) is 12.2 Å². The van der Waals surface area contributed by atoms with Crippen LogP contribution in [0.15, 0.2) is 30.3 Å². The van der Waals surface area contributed by atoms with Crippen molar-refractivity contribution in [2.75, 3.05) is 12.4 Å². The smallest absolute Gasteiger partial charge is 0.327 e. The Bertz CT molecular complexity index is 823. The van der Waals surface area contributed by atoms with E-state index in [-0.39, 0.29) is 12.2 Å². The second-order valence-electron chi connectivity index (χ2n) is 6.78. The van der Waals surface area contributed by atoms with Crippen molar-refractivity contribution in [3.8, 4) is 0 Å². The molecule has 0 aliphatic heterocycles. The molecule has 1 aromatic carbocycles. The van der Waals surface area contributed by atoms with Gasteiger partial charge in [0.15, 0.2) is 0 Å². The number of carbonyl (C=O) groups excluding carboxylic acids is 3. The lowest BCUT2D eigenvalue weighted by atomic mass is 10.0. The highest BCUT2D eigenvalue weighted by Crippen LogP contribution is 2.05. The van der Waals surface area contributed by atoms with E-state index in [4.69, 9.17) is 15.9 Å². The molecule has 12 nitrogen and oxygen atoms in total. The number of aliphatic hydroxyl groups is 1. The lowest BCUT2D eigenvalue weighted by Gasteiger charge is -2.24. The van der Waals surface area contributed by atoms with Crippen molar-refractivity contribution in [2.45, 2.75) is 37.0 Å². The fourth-order valence-corrected chi connectivity index (χ4v) is 2.79. The summed E-state index contributed by atoms with van der Waals surface area (Å²) in [5.74, 6) is -5.57. The SMILES string of the molecule is NC(CC(=O)O)C(=O)NC(CO)C(=O)NC(Cc1ccccc1)C(=O)NC(CS)C(=O)O. The standard InChI is InChI=1S/C19H26N4O8S/c20-11(7-15(25)26)16(27)22-13(8-24)18(29)21-12(6-10-4-2-1-3-5-10)17(28)23-14(9-32)19(30)31/h1-5,11-14,24,32H,6-9,20H2,(H,21,29)(H,22,27)(H,23,28)(H,25,26)(H,30,31). The van der Waals surface area contributed by atoms with E-state index in [9.17, 15) is 29.1 Å². The lowest BCUT2D eigenvalue weighted by Crippen LogP contribution is -2.58. The molecule has 32 heavy (non-hydrogen) atoms. The predicted molar refractivity (Wildman–Crippen MR) is 115 cm³/mol. The molecule has 0 spiro atoms. The molecule has 0 fully saturated rings. The first kappa shape index (κ1) is 26.9. The highest BCUT2D eigenvalue weighted by Gasteiger charge is 2.30. The van der Waals surface area contributed by atoms with Gasteiger partial charge in [0.05, 0.1) is 19.1 Å². The molecule has 176 valence electrons. The number of hydrogen-bond acceptors (Lipinski definition) is 8. The van der Waals surface area contributed by atoms with Crippen molar-refractivity contribution < 1.29 is 39.3 Å². The fraction of sp³-hybridized carbons (Fsp3) is 0.421. The molecule has 4 atom stereocenters. The van der Waals surface area contributed by atoms with E-state index < -0.39 is 66.9 Å². The molecule has 1 rings (SSSR count). The molecule has 1 aromatic rings. The minimum Gasteiger partial charge on any atom is -0.481 e. The summed E-state index contributed by atoms with van der Waals surface area (Å²) in [5, 5.41) is 34.1. The maximum absolute atomic E-state index is 12.7. The Hall–Kier alpha value is -3.16.